The number of halogens is 9. The van der Waals surface area contributed by atoms with Crippen molar-refractivity contribution in [2.24, 2.45) is 5.73 Å². The zero-order valence-corrected chi connectivity index (χ0v) is 59.4. The lowest BCUT2D eigenvalue weighted by Gasteiger charge is -2.20. The number of imidazole rings is 1. The van der Waals surface area contributed by atoms with Crippen LogP contribution in [0.25, 0.3) is 54.8 Å². The Hall–Kier alpha value is -7.78. The second-order valence-corrected chi connectivity index (χ2v) is 27.2. The van der Waals surface area contributed by atoms with E-state index in [0.717, 1.165) is 81.6 Å². The average molecular weight is 1490 g/mol. The number of hydrogen-bond donors (Lipinski definition) is 4. The highest BCUT2D eigenvalue weighted by Gasteiger charge is 2.36. The third-order valence-electron chi connectivity index (χ3n) is 15.5. The van der Waals surface area contributed by atoms with E-state index in [0.29, 0.717) is 112 Å². The van der Waals surface area contributed by atoms with Crippen LogP contribution < -0.4 is 11.1 Å². The van der Waals surface area contributed by atoms with E-state index in [4.69, 9.17) is 115 Å². The van der Waals surface area contributed by atoms with Crippen LogP contribution in [0.5, 0.6) is 0 Å². The van der Waals surface area contributed by atoms with E-state index in [1.54, 1.807) is 99.6 Å². The molecule has 0 spiro atoms. The van der Waals surface area contributed by atoms with Crippen molar-refractivity contribution in [3.63, 3.8) is 0 Å². The number of fused-ring (bicyclic) bond motifs is 7. The number of aryl methyl sites for hydroxylation is 3. The minimum absolute atomic E-state index is 0.185. The standard InChI is InChI=1S/C19H14Cl2N2O2.C17H14Cl3N5.C16H19NO4.C11H12Cl2N2.C8H5Cl2N/c20-12-10-16(21)15-6-9-22(17(15)11-12)7-3-8-23-18(24)13-4-1-2-5-14(13)19(23)25;18-10-8-12(19)11-4-7-25(14(11)9-10)6-1-5-21-17-22-13-2-3-15(20)23-16(13)24-17;1-16(2,3)21-13(18)9-6-10-17-14(19)11-7-4-5-8-12(11)15(17)20;12-8-6-10(13)9-2-5-15(4-1-3-14)11(9)7-8;9-5-3-7(10)6-1-2-11-8(6)4-5/h1-2,4-6,9-11H,3,7-8H2;2-4,7-9H,1,5-6H2,(H2,21,22,23,24);4-5,7-8H,6,9-10H2,1-3H3;2,5-7H,1,3-4,14H2;1-4,11H. The van der Waals surface area contributed by atoms with Crippen LogP contribution in [-0.2, 0) is 29.2 Å². The first-order chi connectivity index (χ1) is 46.4. The van der Waals surface area contributed by atoms with Crippen molar-refractivity contribution >= 4 is 195 Å². The van der Waals surface area contributed by atoms with Crippen molar-refractivity contribution in [2.45, 2.75) is 78.1 Å². The zero-order valence-electron chi connectivity index (χ0n) is 52.6. The molecule has 6 aromatic carbocycles. The summed E-state index contributed by atoms with van der Waals surface area (Å²) in [5.74, 6) is -0.653. The average Bonchev–Trinajstić information content (AvgIpc) is 1.68. The molecular formula is C71H64Cl9N11O6. The molecule has 0 aliphatic carbocycles. The molecule has 26 heteroatoms. The van der Waals surface area contributed by atoms with Crippen molar-refractivity contribution in [3.8, 4) is 0 Å². The second kappa shape index (κ2) is 32.3. The van der Waals surface area contributed by atoms with Crippen molar-refractivity contribution in [1.29, 1.82) is 0 Å². The van der Waals surface area contributed by atoms with Gasteiger partial charge in [0.25, 0.3) is 23.6 Å². The summed E-state index contributed by atoms with van der Waals surface area (Å²) in [6.45, 7) is 9.86. The summed E-state index contributed by atoms with van der Waals surface area (Å²) in [6, 6.07) is 39.7. The van der Waals surface area contributed by atoms with Crippen LogP contribution in [0.3, 0.4) is 0 Å². The summed E-state index contributed by atoms with van der Waals surface area (Å²) in [6.07, 6.45) is 10.9. The van der Waals surface area contributed by atoms with E-state index in [2.05, 4.69) is 34.4 Å². The number of ether oxygens (including phenoxy) is 1. The Morgan fingerprint density at radius 3 is 1.39 bits per heavy atom. The van der Waals surface area contributed by atoms with Crippen molar-refractivity contribution in [2.75, 3.05) is 31.5 Å². The van der Waals surface area contributed by atoms with Crippen LogP contribution in [0, 0.1) is 0 Å². The Morgan fingerprint density at radius 1 is 0.495 bits per heavy atom. The number of nitrogens with two attached hydrogens (primary N) is 1. The van der Waals surface area contributed by atoms with E-state index >= 15 is 0 Å². The van der Waals surface area contributed by atoms with Gasteiger partial charge in [-0.05, 0) is 162 Å². The Kier molecular flexibility index (Phi) is 23.9. The maximum Gasteiger partial charge on any atom is 0.306 e. The number of imide groups is 2. The molecule has 0 bridgehead atoms. The van der Waals surface area contributed by atoms with Gasteiger partial charge in [0.2, 0.25) is 5.95 Å². The van der Waals surface area contributed by atoms with Gasteiger partial charge < -0.3 is 39.5 Å². The molecular weight excluding hydrogens is 1420 g/mol. The Bertz CT molecular complexity index is 4830. The van der Waals surface area contributed by atoms with Gasteiger partial charge in [-0.3, -0.25) is 33.8 Å². The van der Waals surface area contributed by atoms with Crippen LogP contribution in [0.4, 0.5) is 5.95 Å². The topological polar surface area (TPSA) is 211 Å². The molecule has 0 saturated heterocycles. The number of pyridine rings is 1. The molecule has 97 heavy (non-hydrogen) atoms. The van der Waals surface area contributed by atoms with Crippen LogP contribution in [0.1, 0.15) is 94.3 Å². The monoisotopic (exact) mass is 1480 g/mol. The van der Waals surface area contributed by atoms with Gasteiger partial charge in [0, 0.05) is 118 Å². The largest absolute Gasteiger partial charge is 0.460 e. The number of hydrogen-bond acceptors (Lipinski definition) is 10. The molecule has 14 rings (SSSR count). The number of carbonyl (C=O) groups is 5. The molecule has 12 aromatic rings. The number of H-pyrrole nitrogens is 2. The molecule has 8 heterocycles. The van der Waals surface area contributed by atoms with E-state index in [-0.39, 0.29) is 42.6 Å². The molecule has 2 aliphatic heterocycles. The maximum atomic E-state index is 12.4. The fraction of sp³-hybridized carbons (Fsp3) is 0.225. The lowest BCUT2D eigenvalue weighted by molar-refractivity contribution is -0.155. The Labute approximate surface area is 603 Å². The van der Waals surface area contributed by atoms with Crippen LogP contribution in [0.2, 0.25) is 45.3 Å². The number of nitrogens with one attached hydrogen (secondary N) is 3. The number of aromatic nitrogens is 7. The molecule has 0 fully saturated rings. The smallest absolute Gasteiger partial charge is 0.306 e. The first kappa shape index (κ1) is 72.0. The highest BCUT2D eigenvalue weighted by Crippen LogP contribution is 2.33. The number of nitrogens with zero attached hydrogens (tertiary/aromatic N) is 7. The van der Waals surface area contributed by atoms with Gasteiger partial charge in [-0.25, -0.2) is 4.98 Å². The summed E-state index contributed by atoms with van der Waals surface area (Å²) < 4.78 is 11.5. The van der Waals surface area contributed by atoms with Gasteiger partial charge in [0.15, 0.2) is 5.65 Å². The SMILES string of the molecule is CC(C)(C)OC(=O)CCCN1C(=O)c2ccccc2C1=O.Clc1cc(Cl)c2cc[nH]c2c1.Clc1cc(Cl)c2ccn(CCCNc3nc4nc(Cl)ccc4[nH]3)c2c1.NCCCn1ccc2c(Cl)cc(Cl)cc21.O=C1c2ccccc2C(=O)N1CCCn1ccc2c(Cl)cc(Cl)cc21. The molecule has 0 radical (unpaired) electrons. The maximum absolute atomic E-state index is 12.4. The van der Waals surface area contributed by atoms with Gasteiger partial charge in [-0.2, -0.15) is 4.98 Å². The summed E-state index contributed by atoms with van der Waals surface area (Å²) in [7, 11) is 0. The van der Waals surface area contributed by atoms with E-state index in [1.165, 1.54) is 9.80 Å². The number of aromatic amines is 2. The molecule has 17 nitrogen and oxygen atoms in total. The quantitative estimate of drug-likeness (QED) is 0.0311. The molecule has 4 amide bonds. The molecule has 2 aliphatic rings. The minimum atomic E-state index is -0.521. The fourth-order valence-corrected chi connectivity index (χ4v) is 13.4. The highest BCUT2D eigenvalue weighted by atomic mass is 35.5. The van der Waals surface area contributed by atoms with Gasteiger partial charge in [-0.1, -0.05) is 129 Å². The summed E-state index contributed by atoms with van der Waals surface area (Å²) >= 11 is 54.2. The minimum Gasteiger partial charge on any atom is -0.460 e. The Morgan fingerprint density at radius 2 is 0.928 bits per heavy atom. The van der Waals surface area contributed by atoms with E-state index < -0.39 is 5.60 Å². The molecule has 0 unspecified atom stereocenters. The third-order valence-corrected chi connectivity index (χ3v) is 17.8. The lowest BCUT2D eigenvalue weighted by atomic mass is 10.1. The Balaban J connectivity index is 0.000000135. The van der Waals surface area contributed by atoms with Gasteiger partial charge in [0.05, 0.1) is 64.4 Å². The van der Waals surface area contributed by atoms with Crippen molar-refractivity contribution in [1.82, 2.24) is 43.4 Å². The van der Waals surface area contributed by atoms with E-state index in [1.807, 2.05) is 84.0 Å². The van der Waals surface area contributed by atoms with Crippen molar-refractivity contribution in [3.05, 3.63) is 226 Å². The van der Waals surface area contributed by atoms with Crippen molar-refractivity contribution < 1.29 is 28.7 Å². The summed E-state index contributed by atoms with van der Waals surface area (Å²) in [5.41, 5.74) is 12.3. The summed E-state index contributed by atoms with van der Waals surface area (Å²) in [4.78, 5) is 77.8. The normalized spacial score (nSPS) is 12.5. The fourth-order valence-electron chi connectivity index (χ4n) is 11.1. The first-order valence-corrected chi connectivity index (χ1v) is 34.2. The number of esters is 1. The first-order valence-electron chi connectivity index (χ1n) is 30.8. The highest BCUT2D eigenvalue weighted by molar-refractivity contribution is 6.40. The number of rotatable bonds is 16. The van der Waals surface area contributed by atoms with Crippen LogP contribution in [0.15, 0.2) is 158 Å². The predicted octanol–water partition coefficient (Wildman–Crippen LogP) is 19.2. The third kappa shape index (κ3) is 17.7. The second-order valence-electron chi connectivity index (χ2n) is 23.5. The van der Waals surface area contributed by atoms with Crippen LogP contribution in [-0.4, -0.2) is 105 Å². The van der Waals surface area contributed by atoms with E-state index in [9.17, 15) is 24.0 Å². The zero-order chi connectivity index (χ0) is 69.2. The van der Waals surface area contributed by atoms with Gasteiger partial charge >= 0.3 is 5.97 Å². The van der Waals surface area contributed by atoms with Gasteiger partial charge in [-0.15, -0.1) is 0 Å². The molecule has 6 aromatic heterocycles. The van der Waals surface area contributed by atoms with Gasteiger partial charge in [0.1, 0.15) is 10.8 Å². The lowest BCUT2D eigenvalue weighted by Crippen LogP contribution is -2.31. The molecule has 5 N–H and O–H groups in total. The number of carbonyl (C=O) groups excluding carboxylic acids is 5. The molecule has 0 atom stereocenters. The number of amides is 4. The molecule has 0 saturated carbocycles. The molecule has 502 valence electrons. The predicted molar refractivity (Wildman–Crippen MR) is 393 cm³/mol. The van der Waals surface area contributed by atoms with Crippen LogP contribution >= 0.6 is 104 Å². The number of anilines is 1. The summed E-state index contributed by atoms with van der Waals surface area (Å²) in [5, 5.41) is 12.9. The number of benzene rings is 6.